The molecule has 1 unspecified atom stereocenters. The third-order valence-electron chi connectivity index (χ3n) is 7.48. The SMILES string of the molecule is COc1cccc([C@@H]2O[C@@H](CC(=O)N3CCCC(C(=O)O)C3)C(=O)N(CC(C)(C)C)c3ccc(OC(F)(F)F)cc32)c1OC. The van der Waals surface area contributed by atoms with Crippen molar-refractivity contribution >= 4 is 23.5 Å². The van der Waals surface area contributed by atoms with Crippen LogP contribution in [-0.4, -0.2) is 74.1 Å². The lowest BCUT2D eigenvalue weighted by molar-refractivity contribution is -0.274. The summed E-state index contributed by atoms with van der Waals surface area (Å²) >= 11 is 0. The Bertz CT molecular complexity index is 1390. The number of piperidine rings is 1. The molecule has 1 fully saturated rings. The molecule has 1 N–H and O–H groups in total. The highest BCUT2D eigenvalue weighted by atomic mass is 19.4. The van der Waals surface area contributed by atoms with Crippen LogP contribution >= 0.6 is 0 Å². The normalized spacial score (nSPS) is 20.9. The molecule has 13 heteroatoms. The summed E-state index contributed by atoms with van der Waals surface area (Å²) in [6, 6.07) is 8.58. The maximum Gasteiger partial charge on any atom is 0.573 e. The molecule has 2 aliphatic rings. The summed E-state index contributed by atoms with van der Waals surface area (Å²) in [4.78, 5) is 42.2. The Morgan fingerprint density at radius 3 is 2.41 bits per heavy atom. The Balaban J connectivity index is 1.85. The van der Waals surface area contributed by atoms with E-state index < -0.39 is 59.9 Å². The van der Waals surface area contributed by atoms with Crippen molar-refractivity contribution in [2.24, 2.45) is 11.3 Å². The Morgan fingerprint density at radius 1 is 1.07 bits per heavy atom. The van der Waals surface area contributed by atoms with Crippen LogP contribution in [0.4, 0.5) is 18.9 Å². The number of hydrogen-bond donors (Lipinski definition) is 1. The number of halogens is 3. The highest BCUT2D eigenvalue weighted by molar-refractivity contribution is 6.00. The van der Waals surface area contributed by atoms with Gasteiger partial charge in [0.25, 0.3) is 5.91 Å². The zero-order valence-electron chi connectivity index (χ0n) is 25.3. The predicted octanol–water partition coefficient (Wildman–Crippen LogP) is 5.18. The number of ether oxygens (including phenoxy) is 4. The minimum absolute atomic E-state index is 0.00623. The number of likely N-dealkylation sites (tertiary alicyclic amines) is 1. The number of benzene rings is 2. The van der Waals surface area contributed by atoms with Crippen molar-refractivity contribution in [3.8, 4) is 17.2 Å². The molecular formula is C31H37F3N2O8. The number of anilines is 1. The van der Waals surface area contributed by atoms with Gasteiger partial charge in [0.05, 0.1) is 32.2 Å². The average molecular weight is 623 g/mol. The number of carboxylic acid groups (broad SMARTS) is 1. The number of carbonyl (C=O) groups excluding carboxylic acids is 2. The summed E-state index contributed by atoms with van der Waals surface area (Å²) in [7, 11) is 2.83. The van der Waals surface area contributed by atoms with Crippen LogP contribution < -0.4 is 19.1 Å². The number of alkyl halides is 3. The molecule has 2 heterocycles. The van der Waals surface area contributed by atoms with E-state index in [0.29, 0.717) is 30.7 Å². The smallest absolute Gasteiger partial charge is 0.493 e. The van der Waals surface area contributed by atoms with Crippen LogP contribution in [0.15, 0.2) is 36.4 Å². The monoisotopic (exact) mass is 622 g/mol. The minimum Gasteiger partial charge on any atom is -0.493 e. The summed E-state index contributed by atoms with van der Waals surface area (Å²) in [5.41, 5.74) is 0.365. The van der Waals surface area contributed by atoms with Gasteiger partial charge in [-0.25, -0.2) is 0 Å². The fourth-order valence-corrected chi connectivity index (χ4v) is 5.60. The number of fused-ring (bicyclic) bond motifs is 1. The van der Waals surface area contributed by atoms with E-state index in [-0.39, 0.29) is 30.1 Å². The highest BCUT2D eigenvalue weighted by Gasteiger charge is 2.42. The summed E-state index contributed by atoms with van der Waals surface area (Å²) in [6.07, 6.45) is -7.00. The van der Waals surface area contributed by atoms with Crippen LogP contribution in [-0.2, 0) is 19.1 Å². The summed E-state index contributed by atoms with van der Waals surface area (Å²) < 4.78 is 61.6. The van der Waals surface area contributed by atoms with Gasteiger partial charge in [-0.3, -0.25) is 14.4 Å². The van der Waals surface area contributed by atoms with Crippen molar-refractivity contribution in [1.82, 2.24) is 4.90 Å². The standard InChI is InChI=1S/C31H37F3N2O8/c1-30(2,3)17-36-22-12-11-19(44-31(32,33)34)14-21(22)26(20-9-6-10-23(41-4)27(20)42-5)43-24(28(36)38)15-25(37)35-13-7-8-18(16-35)29(39)40/h6,9-12,14,18,24,26H,7-8,13,15-17H2,1-5H3,(H,39,40)/t18?,24-,26-/m0/s1. The van der Waals surface area contributed by atoms with Crippen LogP contribution in [0.1, 0.15) is 57.3 Å². The first-order valence-electron chi connectivity index (χ1n) is 14.2. The van der Waals surface area contributed by atoms with Gasteiger partial charge in [0.15, 0.2) is 11.5 Å². The molecule has 3 atom stereocenters. The quantitative estimate of drug-likeness (QED) is 0.428. The maximum absolute atomic E-state index is 14.2. The number of nitrogens with zero attached hydrogens (tertiary/aromatic N) is 2. The molecule has 0 bridgehead atoms. The molecule has 240 valence electrons. The zero-order chi connectivity index (χ0) is 32.4. The Hall–Kier alpha value is -4.00. The number of para-hydroxylation sites is 1. The maximum atomic E-state index is 14.2. The number of carbonyl (C=O) groups is 3. The van der Waals surface area contributed by atoms with Crippen molar-refractivity contribution in [1.29, 1.82) is 0 Å². The van der Waals surface area contributed by atoms with Gasteiger partial charge in [-0.2, -0.15) is 0 Å². The van der Waals surface area contributed by atoms with Gasteiger partial charge in [-0.15, -0.1) is 13.2 Å². The third-order valence-corrected chi connectivity index (χ3v) is 7.48. The number of methoxy groups -OCH3 is 2. The van der Waals surface area contributed by atoms with Gasteiger partial charge in [0.1, 0.15) is 18.0 Å². The van der Waals surface area contributed by atoms with Gasteiger partial charge < -0.3 is 33.9 Å². The molecule has 2 aromatic rings. The molecule has 1 saturated heterocycles. The first-order valence-corrected chi connectivity index (χ1v) is 14.2. The van der Waals surface area contributed by atoms with E-state index >= 15 is 0 Å². The molecule has 2 aromatic carbocycles. The van der Waals surface area contributed by atoms with Crippen LogP contribution in [0.5, 0.6) is 17.2 Å². The Labute approximate surface area is 253 Å². The van der Waals surface area contributed by atoms with E-state index in [9.17, 15) is 32.7 Å². The molecule has 0 spiro atoms. The second-order valence-corrected chi connectivity index (χ2v) is 12.1. The highest BCUT2D eigenvalue weighted by Crippen LogP contribution is 2.46. The summed E-state index contributed by atoms with van der Waals surface area (Å²) in [5.74, 6) is -2.71. The molecule has 0 radical (unpaired) electrons. The van der Waals surface area contributed by atoms with E-state index in [4.69, 9.17) is 14.2 Å². The van der Waals surface area contributed by atoms with Crippen LogP contribution in [0.3, 0.4) is 0 Å². The number of aliphatic carboxylic acids is 1. The largest absolute Gasteiger partial charge is 0.573 e. The van der Waals surface area contributed by atoms with E-state index in [0.717, 1.165) is 6.07 Å². The molecule has 0 aromatic heterocycles. The molecule has 0 aliphatic carbocycles. The van der Waals surface area contributed by atoms with Crippen molar-refractivity contribution in [3.63, 3.8) is 0 Å². The van der Waals surface area contributed by atoms with E-state index in [1.165, 1.54) is 36.2 Å². The van der Waals surface area contributed by atoms with E-state index in [1.54, 1.807) is 18.2 Å². The summed E-state index contributed by atoms with van der Waals surface area (Å²) in [6.45, 7) is 6.19. The lowest BCUT2D eigenvalue weighted by Gasteiger charge is -2.33. The third kappa shape index (κ3) is 7.55. The molecule has 2 aliphatic heterocycles. The average Bonchev–Trinajstić information content (AvgIpc) is 3.05. The second kappa shape index (κ2) is 12.9. The Kier molecular flexibility index (Phi) is 9.67. The predicted molar refractivity (Wildman–Crippen MR) is 153 cm³/mol. The van der Waals surface area contributed by atoms with Gasteiger partial charge in [-0.05, 0) is 42.5 Å². The molecule has 2 amide bonds. The van der Waals surface area contributed by atoms with Crippen molar-refractivity contribution in [2.75, 3.05) is 38.8 Å². The van der Waals surface area contributed by atoms with Gasteiger partial charge in [-0.1, -0.05) is 32.9 Å². The number of hydrogen-bond acceptors (Lipinski definition) is 7. The van der Waals surface area contributed by atoms with Crippen molar-refractivity contribution in [3.05, 3.63) is 47.5 Å². The number of carboxylic acids is 1. The first kappa shape index (κ1) is 32.9. The number of amides is 2. The Morgan fingerprint density at radius 2 is 1.80 bits per heavy atom. The minimum atomic E-state index is -4.97. The zero-order valence-corrected chi connectivity index (χ0v) is 25.3. The molecule has 10 nitrogen and oxygen atoms in total. The van der Waals surface area contributed by atoms with E-state index in [1.807, 2.05) is 20.8 Å². The fraction of sp³-hybridized carbons (Fsp3) is 0.516. The summed E-state index contributed by atoms with van der Waals surface area (Å²) in [5, 5.41) is 9.50. The first-order chi connectivity index (χ1) is 20.6. The van der Waals surface area contributed by atoms with Crippen LogP contribution in [0.2, 0.25) is 0 Å². The second-order valence-electron chi connectivity index (χ2n) is 12.1. The van der Waals surface area contributed by atoms with Crippen LogP contribution in [0.25, 0.3) is 0 Å². The van der Waals surface area contributed by atoms with Crippen LogP contribution in [0, 0.1) is 11.3 Å². The molecule has 0 saturated carbocycles. The fourth-order valence-electron chi connectivity index (χ4n) is 5.60. The van der Waals surface area contributed by atoms with Gasteiger partial charge in [0, 0.05) is 30.8 Å². The molecular weight excluding hydrogens is 585 g/mol. The lowest BCUT2D eigenvalue weighted by Crippen LogP contribution is -2.47. The topological polar surface area (TPSA) is 115 Å². The van der Waals surface area contributed by atoms with Crippen molar-refractivity contribution in [2.45, 2.75) is 58.6 Å². The van der Waals surface area contributed by atoms with Gasteiger partial charge >= 0.3 is 12.3 Å². The number of rotatable bonds is 8. The van der Waals surface area contributed by atoms with E-state index in [2.05, 4.69) is 4.74 Å². The molecule has 44 heavy (non-hydrogen) atoms. The lowest BCUT2D eigenvalue weighted by atomic mass is 9.93. The van der Waals surface area contributed by atoms with Crippen molar-refractivity contribution < 1.29 is 51.6 Å². The van der Waals surface area contributed by atoms with Gasteiger partial charge in [0.2, 0.25) is 5.91 Å². The molecule has 4 rings (SSSR count).